The van der Waals surface area contributed by atoms with Crippen molar-refractivity contribution in [3.8, 4) is 0 Å². The summed E-state index contributed by atoms with van der Waals surface area (Å²) in [6.45, 7) is 1.46. The molecular formula is C9H10F4N2O4. The smallest absolute Gasteiger partial charge is 0.420 e. The van der Waals surface area contributed by atoms with Gasteiger partial charge in [0.15, 0.2) is 0 Å². The van der Waals surface area contributed by atoms with Crippen LogP contribution in [0, 0.1) is 0 Å². The first-order chi connectivity index (χ1) is 8.56. The number of alkyl halides is 4. The third-order valence-corrected chi connectivity index (χ3v) is 2.50. The Morgan fingerprint density at radius 3 is 2.37 bits per heavy atom. The normalized spacial score (nSPS) is 25.3. The quantitative estimate of drug-likeness (QED) is 0.359. The Balaban J connectivity index is 3.04. The molecule has 0 bridgehead atoms. The molecule has 1 rings (SSSR count). The number of esters is 1. The van der Waals surface area contributed by atoms with Gasteiger partial charge in [0.25, 0.3) is 12.2 Å². The highest BCUT2D eigenvalue weighted by Gasteiger charge is 2.66. The van der Waals surface area contributed by atoms with Crippen LogP contribution in [-0.2, 0) is 14.3 Å². The van der Waals surface area contributed by atoms with Crippen LogP contribution >= 0.6 is 0 Å². The van der Waals surface area contributed by atoms with Crippen molar-refractivity contribution in [3.05, 3.63) is 0 Å². The lowest BCUT2D eigenvalue weighted by Gasteiger charge is -2.24. The first-order valence-corrected chi connectivity index (χ1v) is 5.09. The molecule has 2 atom stereocenters. The molecule has 0 aromatic carbocycles. The summed E-state index contributed by atoms with van der Waals surface area (Å²) in [5, 5.41) is 1.31. The molecule has 1 saturated heterocycles. The van der Waals surface area contributed by atoms with E-state index in [9.17, 15) is 31.9 Å². The van der Waals surface area contributed by atoms with E-state index < -0.39 is 40.8 Å². The molecule has 108 valence electrons. The number of halogens is 4. The lowest BCUT2D eigenvalue weighted by Crippen LogP contribution is -2.56. The van der Waals surface area contributed by atoms with Crippen molar-refractivity contribution >= 4 is 17.9 Å². The van der Waals surface area contributed by atoms with Crippen LogP contribution in [0.4, 0.5) is 22.4 Å². The summed E-state index contributed by atoms with van der Waals surface area (Å²) in [5.41, 5.74) is -3.26. The second-order valence-electron chi connectivity index (χ2n) is 3.82. The number of rotatable bonds is 3. The predicted octanol–water partition coefficient (Wildman–Crippen LogP) is 0.718. The van der Waals surface area contributed by atoms with Crippen molar-refractivity contribution in [2.24, 2.45) is 0 Å². The van der Waals surface area contributed by atoms with Gasteiger partial charge in [0.1, 0.15) is 0 Å². The van der Waals surface area contributed by atoms with Gasteiger partial charge in [0, 0.05) is 0 Å². The molecule has 19 heavy (non-hydrogen) atoms. The molecule has 6 nitrogen and oxygen atoms in total. The van der Waals surface area contributed by atoms with Gasteiger partial charge < -0.3 is 10.1 Å². The zero-order valence-corrected chi connectivity index (χ0v) is 9.88. The van der Waals surface area contributed by atoms with E-state index in [1.807, 2.05) is 0 Å². The minimum Gasteiger partial charge on any atom is -0.462 e. The molecule has 1 heterocycles. The molecule has 1 aliphatic rings. The second-order valence-corrected chi connectivity index (χ2v) is 3.82. The highest BCUT2D eigenvalue weighted by molar-refractivity contribution is 6.09. The highest BCUT2D eigenvalue weighted by Crippen LogP contribution is 2.36. The molecule has 10 heteroatoms. The van der Waals surface area contributed by atoms with Crippen LogP contribution in [0.25, 0.3) is 0 Å². The Hall–Kier alpha value is -1.87. The Kier molecular flexibility index (Phi) is 3.73. The van der Waals surface area contributed by atoms with Gasteiger partial charge in [-0.3, -0.25) is 4.79 Å². The summed E-state index contributed by atoms with van der Waals surface area (Å²) >= 11 is 0. The third-order valence-electron chi connectivity index (χ3n) is 2.50. The maximum Gasteiger partial charge on any atom is 0.420 e. The van der Waals surface area contributed by atoms with Crippen LogP contribution in [0.2, 0.25) is 0 Å². The van der Waals surface area contributed by atoms with Crippen molar-refractivity contribution in [3.63, 3.8) is 0 Å². The second kappa shape index (κ2) is 4.67. The van der Waals surface area contributed by atoms with Gasteiger partial charge >= 0.3 is 18.2 Å². The predicted molar refractivity (Wildman–Crippen MR) is 51.4 cm³/mol. The first-order valence-electron chi connectivity index (χ1n) is 5.09. The van der Waals surface area contributed by atoms with Gasteiger partial charge in [-0.2, -0.15) is 13.2 Å². The van der Waals surface area contributed by atoms with E-state index in [0.717, 1.165) is 0 Å². The first kappa shape index (κ1) is 15.2. The van der Waals surface area contributed by atoms with E-state index in [-0.39, 0.29) is 6.61 Å². The van der Waals surface area contributed by atoms with Crippen LogP contribution < -0.4 is 5.32 Å². The number of carbonyl (C=O) groups is 3. The molecule has 0 radical (unpaired) electrons. The van der Waals surface area contributed by atoms with Gasteiger partial charge in [0.2, 0.25) is 5.54 Å². The zero-order valence-electron chi connectivity index (χ0n) is 9.88. The van der Waals surface area contributed by atoms with E-state index in [0.29, 0.717) is 6.92 Å². The molecule has 0 aliphatic carbocycles. The van der Waals surface area contributed by atoms with Crippen molar-refractivity contribution in [2.75, 3.05) is 6.61 Å². The SMILES string of the molecule is CCOC(=O)C(F)N1C(=O)NC(C)(C(F)(F)F)C1=O. The minimum absolute atomic E-state index is 0.251. The van der Waals surface area contributed by atoms with Crippen LogP contribution in [0.1, 0.15) is 13.8 Å². The van der Waals surface area contributed by atoms with Crippen LogP contribution in [-0.4, -0.2) is 47.4 Å². The van der Waals surface area contributed by atoms with Crippen LogP contribution in [0.15, 0.2) is 0 Å². The van der Waals surface area contributed by atoms with E-state index in [2.05, 4.69) is 4.74 Å². The number of urea groups is 1. The van der Waals surface area contributed by atoms with Crippen LogP contribution in [0.5, 0.6) is 0 Å². The number of hydrogen-bond acceptors (Lipinski definition) is 4. The Bertz CT molecular complexity index is 425. The fourth-order valence-corrected chi connectivity index (χ4v) is 1.38. The number of amides is 3. The topological polar surface area (TPSA) is 75.7 Å². The number of ether oxygens (including phenoxy) is 1. The number of nitrogens with zero attached hydrogens (tertiary/aromatic N) is 1. The number of carbonyl (C=O) groups excluding carboxylic acids is 3. The molecule has 1 aliphatic heterocycles. The van der Waals surface area contributed by atoms with Crippen molar-refractivity contribution in [1.29, 1.82) is 0 Å². The summed E-state index contributed by atoms with van der Waals surface area (Å²) < 4.78 is 55.7. The molecule has 0 saturated carbocycles. The van der Waals surface area contributed by atoms with E-state index in [4.69, 9.17) is 0 Å². The highest BCUT2D eigenvalue weighted by atomic mass is 19.4. The summed E-state index contributed by atoms with van der Waals surface area (Å²) in [7, 11) is 0. The Morgan fingerprint density at radius 2 is 2.00 bits per heavy atom. The summed E-state index contributed by atoms with van der Waals surface area (Å²) in [4.78, 5) is 33.3. The molecule has 1 N–H and O–H groups in total. The Morgan fingerprint density at radius 1 is 1.47 bits per heavy atom. The maximum absolute atomic E-state index is 13.5. The number of nitrogens with one attached hydrogen (secondary N) is 1. The molecule has 0 aromatic heterocycles. The molecular weight excluding hydrogens is 276 g/mol. The average molecular weight is 286 g/mol. The minimum atomic E-state index is -5.12. The maximum atomic E-state index is 13.5. The zero-order chi connectivity index (χ0) is 15.0. The molecule has 3 amide bonds. The lowest BCUT2D eigenvalue weighted by atomic mass is 10.0. The third kappa shape index (κ3) is 2.34. The fraction of sp³-hybridized carbons (Fsp3) is 0.667. The lowest BCUT2D eigenvalue weighted by molar-refractivity contribution is -0.193. The van der Waals surface area contributed by atoms with E-state index in [1.165, 1.54) is 12.2 Å². The monoisotopic (exact) mass is 286 g/mol. The summed E-state index contributed by atoms with van der Waals surface area (Å²) in [6, 6.07) is -1.65. The van der Waals surface area contributed by atoms with Gasteiger partial charge in [-0.15, -0.1) is 0 Å². The van der Waals surface area contributed by atoms with Crippen molar-refractivity contribution in [1.82, 2.24) is 10.2 Å². The molecule has 0 aromatic rings. The van der Waals surface area contributed by atoms with E-state index in [1.54, 1.807) is 0 Å². The number of imide groups is 1. The van der Waals surface area contributed by atoms with Crippen LogP contribution in [0.3, 0.4) is 0 Å². The molecule has 1 fully saturated rings. The molecule has 2 unspecified atom stereocenters. The standard InChI is InChI=1S/C9H10F4N2O4/c1-3-19-5(16)4(10)15-6(17)8(2,9(11,12)13)14-7(15)18/h4H,3H2,1-2H3,(H,14,18). The van der Waals surface area contributed by atoms with E-state index >= 15 is 0 Å². The van der Waals surface area contributed by atoms with Gasteiger partial charge in [-0.05, 0) is 13.8 Å². The average Bonchev–Trinajstić information content (AvgIpc) is 2.49. The number of hydrogen-bond donors (Lipinski definition) is 1. The van der Waals surface area contributed by atoms with Gasteiger partial charge in [-0.25, -0.2) is 18.9 Å². The van der Waals surface area contributed by atoms with Gasteiger partial charge in [-0.1, -0.05) is 0 Å². The molecule has 0 spiro atoms. The van der Waals surface area contributed by atoms with Crippen molar-refractivity contribution in [2.45, 2.75) is 31.9 Å². The summed E-state index contributed by atoms with van der Waals surface area (Å²) in [5.74, 6) is -3.51. The Labute approximate surface area is 104 Å². The largest absolute Gasteiger partial charge is 0.462 e. The summed E-state index contributed by atoms with van der Waals surface area (Å²) in [6.07, 6.45) is -8.04. The van der Waals surface area contributed by atoms with Crippen molar-refractivity contribution < 1.29 is 36.7 Å². The van der Waals surface area contributed by atoms with Gasteiger partial charge in [0.05, 0.1) is 6.61 Å². The fourth-order valence-electron chi connectivity index (χ4n) is 1.38.